The minimum absolute atomic E-state index is 0.865. The van der Waals surface area contributed by atoms with Crippen molar-refractivity contribution in [3.8, 4) is 39.1 Å². The van der Waals surface area contributed by atoms with Gasteiger partial charge in [-0.1, -0.05) is 158 Å². The predicted octanol–water partition coefficient (Wildman–Crippen LogP) is 15.2. The Balaban J connectivity index is 1.05. The van der Waals surface area contributed by atoms with E-state index in [0.717, 1.165) is 50.3 Å². The van der Waals surface area contributed by atoms with Crippen LogP contribution in [0.5, 0.6) is 0 Å². The van der Waals surface area contributed by atoms with Crippen LogP contribution in [0.25, 0.3) is 82.8 Å². The van der Waals surface area contributed by atoms with Crippen molar-refractivity contribution in [2.75, 3.05) is 4.90 Å². The fourth-order valence-electron chi connectivity index (χ4n) is 8.65. The number of anilines is 3. The normalized spacial score (nSPS) is 11.5. The van der Waals surface area contributed by atoms with Gasteiger partial charge in [0, 0.05) is 33.1 Å². The molecule has 0 saturated carbocycles. The topological polar surface area (TPSA) is 21.3 Å². The molecule has 0 spiro atoms. The molecule has 0 unspecified atom stereocenters. The molecule has 2 aromatic heterocycles. The molecule has 11 rings (SSSR count). The third kappa shape index (κ3) is 5.51. The van der Waals surface area contributed by atoms with Crippen LogP contribution in [0.4, 0.5) is 17.1 Å². The summed E-state index contributed by atoms with van der Waals surface area (Å²) >= 11 is 0. The molecule has 0 amide bonds. The van der Waals surface area contributed by atoms with Crippen LogP contribution >= 0.6 is 0 Å². The number of hydrogen-bond acceptors (Lipinski definition) is 2. The molecular formula is C54H36N2O. The summed E-state index contributed by atoms with van der Waals surface area (Å²) in [6.45, 7) is 0. The molecule has 268 valence electrons. The molecule has 57 heavy (non-hydrogen) atoms. The van der Waals surface area contributed by atoms with E-state index in [1.807, 2.05) is 12.1 Å². The van der Waals surface area contributed by atoms with Crippen molar-refractivity contribution in [2.24, 2.45) is 0 Å². The molecule has 0 aliphatic rings. The van der Waals surface area contributed by atoms with Gasteiger partial charge in [0.2, 0.25) is 0 Å². The van der Waals surface area contributed by atoms with Crippen molar-refractivity contribution in [1.29, 1.82) is 0 Å². The third-order valence-corrected chi connectivity index (χ3v) is 11.2. The van der Waals surface area contributed by atoms with Gasteiger partial charge in [-0.25, -0.2) is 0 Å². The van der Waals surface area contributed by atoms with E-state index >= 15 is 0 Å². The monoisotopic (exact) mass is 728 g/mol. The molecule has 0 fully saturated rings. The van der Waals surface area contributed by atoms with E-state index in [1.54, 1.807) is 0 Å². The maximum atomic E-state index is 6.40. The molecule has 2 heterocycles. The van der Waals surface area contributed by atoms with Gasteiger partial charge in [0.15, 0.2) is 0 Å². The lowest BCUT2D eigenvalue weighted by Crippen LogP contribution is -2.10. The highest BCUT2D eigenvalue weighted by atomic mass is 16.3. The molecule has 0 bridgehead atoms. The smallest absolute Gasteiger partial charge is 0.137 e. The molecule has 9 aromatic carbocycles. The number of hydrogen-bond donors (Lipinski definition) is 0. The number of rotatable bonds is 7. The van der Waals surface area contributed by atoms with Crippen LogP contribution in [0.2, 0.25) is 0 Å². The lowest BCUT2D eigenvalue weighted by molar-refractivity contribution is 0.669. The summed E-state index contributed by atoms with van der Waals surface area (Å²) in [6.07, 6.45) is 0. The summed E-state index contributed by atoms with van der Waals surface area (Å²) < 4.78 is 8.81. The second-order valence-corrected chi connectivity index (χ2v) is 14.5. The average Bonchev–Trinajstić information content (AvgIpc) is 3.84. The van der Waals surface area contributed by atoms with E-state index in [0.29, 0.717) is 0 Å². The fourth-order valence-corrected chi connectivity index (χ4v) is 8.65. The van der Waals surface area contributed by atoms with Gasteiger partial charge in [-0.05, 0) is 88.5 Å². The first-order valence-corrected chi connectivity index (χ1v) is 19.4. The van der Waals surface area contributed by atoms with Crippen LogP contribution in [0.1, 0.15) is 0 Å². The Labute approximate surface area is 330 Å². The van der Waals surface area contributed by atoms with Gasteiger partial charge >= 0.3 is 0 Å². The van der Waals surface area contributed by atoms with Crippen molar-refractivity contribution < 1.29 is 4.42 Å². The van der Waals surface area contributed by atoms with Gasteiger partial charge in [-0.2, -0.15) is 0 Å². The van der Waals surface area contributed by atoms with Crippen molar-refractivity contribution in [1.82, 2.24) is 4.57 Å². The number of furan rings is 1. The van der Waals surface area contributed by atoms with E-state index in [4.69, 9.17) is 4.42 Å². The number of para-hydroxylation sites is 4. The summed E-state index contributed by atoms with van der Waals surface area (Å²) in [5.74, 6) is 0. The Hall–Kier alpha value is -7.62. The summed E-state index contributed by atoms with van der Waals surface area (Å²) in [5, 5.41) is 4.69. The number of aromatic nitrogens is 1. The second-order valence-electron chi connectivity index (χ2n) is 14.5. The summed E-state index contributed by atoms with van der Waals surface area (Å²) in [6, 6.07) is 78.0. The van der Waals surface area contributed by atoms with Gasteiger partial charge in [0.1, 0.15) is 11.2 Å². The number of nitrogens with zero attached hydrogens (tertiary/aromatic N) is 2. The molecule has 0 aliphatic carbocycles. The van der Waals surface area contributed by atoms with Crippen LogP contribution in [-0.4, -0.2) is 4.57 Å². The van der Waals surface area contributed by atoms with Gasteiger partial charge in [0.25, 0.3) is 0 Å². The quantitative estimate of drug-likeness (QED) is 0.163. The Morgan fingerprint density at radius 1 is 0.333 bits per heavy atom. The molecule has 0 radical (unpaired) electrons. The Morgan fingerprint density at radius 3 is 1.46 bits per heavy atom. The molecule has 0 saturated heterocycles. The van der Waals surface area contributed by atoms with Crippen LogP contribution in [-0.2, 0) is 0 Å². The fraction of sp³-hybridized carbons (Fsp3) is 0. The first kappa shape index (κ1) is 32.8. The average molecular weight is 729 g/mol. The predicted molar refractivity (Wildman–Crippen MR) is 239 cm³/mol. The van der Waals surface area contributed by atoms with Crippen molar-refractivity contribution in [3.63, 3.8) is 0 Å². The maximum Gasteiger partial charge on any atom is 0.137 e. The van der Waals surface area contributed by atoms with Crippen LogP contribution < -0.4 is 4.90 Å². The van der Waals surface area contributed by atoms with E-state index in [1.165, 1.54) is 49.6 Å². The Kier molecular flexibility index (Phi) is 7.82. The van der Waals surface area contributed by atoms with Crippen LogP contribution in [0.3, 0.4) is 0 Å². The molecular weight excluding hydrogens is 693 g/mol. The van der Waals surface area contributed by atoms with E-state index in [-0.39, 0.29) is 0 Å². The zero-order valence-corrected chi connectivity index (χ0v) is 31.1. The summed E-state index contributed by atoms with van der Waals surface area (Å²) in [5.41, 5.74) is 15.6. The zero-order chi connectivity index (χ0) is 37.7. The SMILES string of the molecule is c1ccc(-c2ccccc2-c2ccc(N(c3ccc(-c4ccccc4-n4c5ccccc5c5ccccc54)cc3)c3cccc4oc5ccccc5c34)cc2)cc1. The maximum absolute atomic E-state index is 6.40. The third-order valence-electron chi connectivity index (χ3n) is 11.2. The van der Waals surface area contributed by atoms with Gasteiger partial charge in [-0.3, -0.25) is 0 Å². The minimum atomic E-state index is 0.865. The second kappa shape index (κ2) is 13.6. The number of benzene rings is 9. The molecule has 0 aliphatic heterocycles. The van der Waals surface area contributed by atoms with Crippen LogP contribution in [0, 0.1) is 0 Å². The van der Waals surface area contributed by atoms with E-state index < -0.39 is 0 Å². The molecule has 11 aromatic rings. The molecule has 3 nitrogen and oxygen atoms in total. The van der Waals surface area contributed by atoms with Gasteiger partial charge in [0.05, 0.1) is 27.8 Å². The lowest BCUT2D eigenvalue weighted by Gasteiger charge is -2.27. The summed E-state index contributed by atoms with van der Waals surface area (Å²) in [7, 11) is 0. The lowest BCUT2D eigenvalue weighted by atomic mass is 9.94. The largest absolute Gasteiger partial charge is 0.456 e. The minimum Gasteiger partial charge on any atom is -0.456 e. The van der Waals surface area contributed by atoms with Gasteiger partial charge < -0.3 is 13.9 Å². The number of fused-ring (bicyclic) bond motifs is 6. The highest BCUT2D eigenvalue weighted by molar-refractivity contribution is 6.13. The Morgan fingerprint density at radius 2 is 0.807 bits per heavy atom. The van der Waals surface area contributed by atoms with Gasteiger partial charge in [-0.15, -0.1) is 0 Å². The molecule has 0 N–H and O–H groups in total. The van der Waals surface area contributed by atoms with Crippen LogP contribution in [0.15, 0.2) is 223 Å². The van der Waals surface area contributed by atoms with Crippen molar-refractivity contribution >= 4 is 60.8 Å². The van der Waals surface area contributed by atoms with E-state index in [2.05, 4.69) is 216 Å². The summed E-state index contributed by atoms with van der Waals surface area (Å²) in [4.78, 5) is 2.36. The molecule has 3 heteroatoms. The van der Waals surface area contributed by atoms with Crippen molar-refractivity contribution in [3.05, 3.63) is 218 Å². The van der Waals surface area contributed by atoms with Crippen molar-refractivity contribution in [2.45, 2.75) is 0 Å². The highest BCUT2D eigenvalue weighted by Crippen LogP contribution is 2.44. The first-order chi connectivity index (χ1) is 28.3. The highest BCUT2D eigenvalue weighted by Gasteiger charge is 2.21. The Bertz CT molecular complexity index is 3170. The first-order valence-electron chi connectivity index (χ1n) is 19.4. The van der Waals surface area contributed by atoms with E-state index in [9.17, 15) is 0 Å². The zero-order valence-electron chi connectivity index (χ0n) is 31.1. The standard InChI is InChI=1S/C54H36N2O/c1-2-15-37(16-3-1)42-17-4-5-18-43(42)38-29-33-40(34-30-38)55(51-26-14-28-53-54(51)47-22-9-13-27-52(47)57-53)41-35-31-39(32-36-41)44-19-6-10-23-48(44)56-49-24-11-7-20-45(49)46-21-8-12-25-50(46)56/h1-36H. The molecule has 0 atom stereocenters.